The van der Waals surface area contributed by atoms with Gasteiger partial charge in [-0.1, -0.05) is 54.6 Å². The van der Waals surface area contributed by atoms with Crippen LogP contribution in [0.15, 0.2) is 66.5 Å². The Morgan fingerprint density at radius 1 is 0.957 bits per heavy atom. The minimum atomic E-state index is 0.163. The minimum Gasteiger partial charge on any atom is -0.343 e. The van der Waals surface area contributed by atoms with Gasteiger partial charge in [0, 0.05) is 5.56 Å². The fourth-order valence-corrected chi connectivity index (χ4v) is 3.71. The van der Waals surface area contributed by atoms with Gasteiger partial charge in [-0.25, -0.2) is 0 Å². The normalized spacial score (nSPS) is 18.7. The molecule has 0 fully saturated rings. The van der Waals surface area contributed by atoms with E-state index in [0.717, 1.165) is 18.8 Å². The second-order valence-corrected chi connectivity index (χ2v) is 6.01. The highest BCUT2D eigenvalue weighted by molar-refractivity contribution is 5.78. The van der Waals surface area contributed by atoms with Crippen molar-refractivity contribution in [3.8, 4) is 0 Å². The topological polar surface area (TPSA) is 42.7 Å². The Kier molecular flexibility index (Phi) is 2.65. The average Bonchev–Trinajstić information content (AvgIpc) is 3.10. The van der Waals surface area contributed by atoms with E-state index in [0.29, 0.717) is 0 Å². The number of aryl methyl sites for hydroxylation is 1. The molecule has 1 aliphatic heterocycles. The number of nitrogens with one attached hydrogen (secondary N) is 1. The summed E-state index contributed by atoms with van der Waals surface area (Å²) in [7, 11) is 0. The van der Waals surface area contributed by atoms with Gasteiger partial charge in [0.15, 0.2) is 0 Å². The summed E-state index contributed by atoms with van der Waals surface area (Å²) < 4.78 is 1.95. The second-order valence-electron chi connectivity index (χ2n) is 6.01. The fourth-order valence-electron chi connectivity index (χ4n) is 3.71. The van der Waals surface area contributed by atoms with E-state index in [-0.39, 0.29) is 6.04 Å². The van der Waals surface area contributed by atoms with E-state index in [1.165, 1.54) is 28.0 Å². The highest BCUT2D eigenvalue weighted by Crippen LogP contribution is 2.43. The summed E-state index contributed by atoms with van der Waals surface area (Å²) in [5.74, 6) is 0.814. The van der Waals surface area contributed by atoms with Crippen molar-refractivity contribution in [1.29, 1.82) is 0 Å². The van der Waals surface area contributed by atoms with Gasteiger partial charge in [0.1, 0.15) is 6.33 Å². The SMILES string of the molecule is c1ccc(C2Nc3ncnn3C3=C2CCc2ccccc23)cc1. The largest absolute Gasteiger partial charge is 0.343 e. The van der Waals surface area contributed by atoms with E-state index >= 15 is 0 Å². The first-order valence-electron chi connectivity index (χ1n) is 7.95. The predicted molar refractivity (Wildman–Crippen MR) is 89.9 cm³/mol. The Hall–Kier alpha value is -2.88. The number of benzene rings is 2. The molecular weight excluding hydrogens is 284 g/mol. The molecule has 0 amide bonds. The molecule has 0 radical (unpaired) electrons. The van der Waals surface area contributed by atoms with Gasteiger partial charge in [0.2, 0.25) is 5.95 Å². The summed E-state index contributed by atoms with van der Waals surface area (Å²) in [5, 5.41) is 8.01. The Balaban J connectivity index is 1.77. The van der Waals surface area contributed by atoms with Crippen molar-refractivity contribution in [2.24, 2.45) is 0 Å². The molecule has 1 unspecified atom stereocenters. The highest BCUT2D eigenvalue weighted by atomic mass is 15.4. The molecule has 5 rings (SSSR count). The molecule has 2 aliphatic rings. The Morgan fingerprint density at radius 3 is 2.70 bits per heavy atom. The molecule has 0 saturated carbocycles. The van der Waals surface area contributed by atoms with Crippen LogP contribution in [0.1, 0.15) is 29.2 Å². The van der Waals surface area contributed by atoms with Gasteiger partial charge in [-0.2, -0.15) is 14.8 Å². The number of hydrogen-bond donors (Lipinski definition) is 1. The number of aromatic nitrogens is 3. The Bertz CT molecular complexity index is 908. The molecule has 1 aromatic heterocycles. The summed E-state index contributed by atoms with van der Waals surface area (Å²) in [4.78, 5) is 4.40. The van der Waals surface area contributed by atoms with Crippen LogP contribution in [0.3, 0.4) is 0 Å². The van der Waals surface area contributed by atoms with Gasteiger partial charge >= 0.3 is 0 Å². The van der Waals surface area contributed by atoms with E-state index in [1.807, 2.05) is 4.68 Å². The lowest BCUT2D eigenvalue weighted by molar-refractivity contribution is 0.723. The van der Waals surface area contributed by atoms with Crippen LogP contribution in [0.5, 0.6) is 0 Å². The van der Waals surface area contributed by atoms with Gasteiger partial charge < -0.3 is 5.32 Å². The molecule has 1 N–H and O–H groups in total. The number of nitrogens with zero attached hydrogens (tertiary/aromatic N) is 3. The first kappa shape index (κ1) is 12.6. The van der Waals surface area contributed by atoms with Crippen LogP contribution in [-0.4, -0.2) is 14.8 Å². The first-order chi connectivity index (χ1) is 11.4. The monoisotopic (exact) mass is 300 g/mol. The highest BCUT2D eigenvalue weighted by Gasteiger charge is 2.32. The molecule has 0 bridgehead atoms. The van der Waals surface area contributed by atoms with Crippen LogP contribution in [-0.2, 0) is 6.42 Å². The molecule has 0 saturated heterocycles. The molecule has 3 aromatic rings. The third kappa shape index (κ3) is 1.84. The fraction of sp³-hybridized carbons (Fsp3) is 0.158. The smallest absolute Gasteiger partial charge is 0.226 e. The molecule has 0 spiro atoms. The maximum atomic E-state index is 4.45. The van der Waals surface area contributed by atoms with Crippen LogP contribution >= 0.6 is 0 Å². The average molecular weight is 300 g/mol. The zero-order valence-corrected chi connectivity index (χ0v) is 12.6. The number of rotatable bonds is 1. The van der Waals surface area contributed by atoms with Gasteiger partial charge in [0.05, 0.1) is 11.7 Å². The van der Waals surface area contributed by atoms with Crippen molar-refractivity contribution in [2.75, 3.05) is 5.32 Å². The van der Waals surface area contributed by atoms with E-state index in [1.54, 1.807) is 6.33 Å². The van der Waals surface area contributed by atoms with Crippen molar-refractivity contribution in [2.45, 2.75) is 18.9 Å². The quantitative estimate of drug-likeness (QED) is 0.746. The minimum absolute atomic E-state index is 0.163. The van der Waals surface area contributed by atoms with Crippen LogP contribution < -0.4 is 5.32 Å². The van der Waals surface area contributed by atoms with E-state index < -0.39 is 0 Å². The molecule has 112 valence electrons. The molecule has 2 aromatic carbocycles. The lowest BCUT2D eigenvalue weighted by Gasteiger charge is -2.34. The van der Waals surface area contributed by atoms with Crippen molar-refractivity contribution in [3.05, 3.63) is 83.2 Å². The lowest BCUT2D eigenvalue weighted by atomic mass is 9.83. The zero-order valence-electron chi connectivity index (χ0n) is 12.6. The van der Waals surface area contributed by atoms with Gasteiger partial charge in [0.25, 0.3) is 0 Å². The molecule has 4 heteroatoms. The number of fused-ring (bicyclic) bond motifs is 4. The van der Waals surface area contributed by atoms with E-state index in [9.17, 15) is 0 Å². The third-order valence-corrected chi connectivity index (χ3v) is 4.75. The number of anilines is 1. The molecule has 2 heterocycles. The molecular formula is C19H16N4. The van der Waals surface area contributed by atoms with Crippen LogP contribution in [0.4, 0.5) is 5.95 Å². The molecule has 23 heavy (non-hydrogen) atoms. The van der Waals surface area contributed by atoms with E-state index in [2.05, 4.69) is 70.0 Å². The van der Waals surface area contributed by atoms with Crippen molar-refractivity contribution in [1.82, 2.24) is 14.8 Å². The summed E-state index contributed by atoms with van der Waals surface area (Å²) in [6.07, 6.45) is 3.74. The van der Waals surface area contributed by atoms with Crippen molar-refractivity contribution in [3.63, 3.8) is 0 Å². The maximum absolute atomic E-state index is 4.45. The van der Waals surface area contributed by atoms with Crippen LogP contribution in [0, 0.1) is 0 Å². The number of hydrogen-bond acceptors (Lipinski definition) is 3. The predicted octanol–water partition coefficient (Wildman–Crippen LogP) is 3.65. The molecule has 1 atom stereocenters. The first-order valence-corrected chi connectivity index (χ1v) is 7.95. The van der Waals surface area contributed by atoms with Gasteiger partial charge in [-0.05, 0) is 29.5 Å². The summed E-state index contributed by atoms with van der Waals surface area (Å²) in [6, 6.07) is 19.4. The summed E-state index contributed by atoms with van der Waals surface area (Å²) in [6.45, 7) is 0. The second kappa shape index (κ2) is 4.81. The van der Waals surface area contributed by atoms with Gasteiger partial charge in [-0.3, -0.25) is 0 Å². The van der Waals surface area contributed by atoms with Gasteiger partial charge in [-0.15, -0.1) is 0 Å². The molecule has 4 nitrogen and oxygen atoms in total. The van der Waals surface area contributed by atoms with Crippen molar-refractivity contribution < 1.29 is 0 Å². The summed E-state index contributed by atoms with van der Waals surface area (Å²) >= 11 is 0. The third-order valence-electron chi connectivity index (χ3n) is 4.75. The molecule has 1 aliphatic carbocycles. The van der Waals surface area contributed by atoms with E-state index in [4.69, 9.17) is 0 Å². The zero-order chi connectivity index (χ0) is 15.2. The Morgan fingerprint density at radius 2 is 1.78 bits per heavy atom. The standard InChI is InChI=1S/C19H16N4/c1-2-7-14(8-3-1)17-16-11-10-13-6-4-5-9-15(13)18(16)23-19(22-17)20-12-21-23/h1-9,12,17H,10-11H2,(H,20,21,22). The van der Waals surface area contributed by atoms with Crippen LogP contribution in [0.2, 0.25) is 0 Å². The van der Waals surface area contributed by atoms with Crippen LogP contribution in [0.25, 0.3) is 5.70 Å². The van der Waals surface area contributed by atoms with Crippen molar-refractivity contribution >= 4 is 11.6 Å². The Labute approximate surface area is 134 Å². The lowest BCUT2D eigenvalue weighted by Crippen LogP contribution is -2.27. The maximum Gasteiger partial charge on any atom is 0.226 e. The summed E-state index contributed by atoms with van der Waals surface area (Å²) in [5.41, 5.74) is 6.54.